The quantitative estimate of drug-likeness (QED) is 0.833. The summed E-state index contributed by atoms with van der Waals surface area (Å²) >= 11 is 0. The van der Waals surface area contributed by atoms with Crippen molar-refractivity contribution in [2.45, 2.75) is 39.3 Å². The molecule has 5 heteroatoms. The summed E-state index contributed by atoms with van der Waals surface area (Å²) in [6.07, 6.45) is 2.67. The highest BCUT2D eigenvalue weighted by atomic mass is 16.5. The molecule has 0 radical (unpaired) electrons. The van der Waals surface area contributed by atoms with Crippen molar-refractivity contribution in [3.63, 3.8) is 0 Å². The molecule has 0 unspecified atom stereocenters. The number of rotatable bonds is 5. The van der Waals surface area contributed by atoms with Crippen LogP contribution in [-0.2, 0) is 0 Å². The number of amides is 1. The molecule has 1 aliphatic rings. The van der Waals surface area contributed by atoms with E-state index in [1.54, 1.807) is 18.3 Å². The van der Waals surface area contributed by atoms with Crippen molar-refractivity contribution in [1.29, 1.82) is 0 Å². The number of aromatic nitrogens is 1. The van der Waals surface area contributed by atoms with Crippen LogP contribution in [0.15, 0.2) is 18.3 Å². The number of hydrogen-bond donors (Lipinski definition) is 0. The van der Waals surface area contributed by atoms with Crippen LogP contribution in [0.1, 0.15) is 37.6 Å². The minimum atomic E-state index is -0.0119. The molecular formula is C16H25N3O2. The van der Waals surface area contributed by atoms with Gasteiger partial charge in [-0.25, -0.2) is 4.98 Å². The summed E-state index contributed by atoms with van der Waals surface area (Å²) in [4.78, 5) is 21.1. The largest absolute Gasteiger partial charge is 0.477 e. The highest BCUT2D eigenvalue weighted by Crippen LogP contribution is 2.21. The van der Waals surface area contributed by atoms with Gasteiger partial charge in [0.1, 0.15) is 5.56 Å². The van der Waals surface area contributed by atoms with Gasteiger partial charge in [0.05, 0.1) is 6.61 Å². The van der Waals surface area contributed by atoms with Gasteiger partial charge in [0.15, 0.2) is 0 Å². The van der Waals surface area contributed by atoms with Gasteiger partial charge in [-0.2, -0.15) is 0 Å². The number of ether oxygens (including phenoxy) is 1. The summed E-state index contributed by atoms with van der Waals surface area (Å²) < 4.78 is 5.46. The maximum absolute atomic E-state index is 12.7. The van der Waals surface area contributed by atoms with Crippen molar-refractivity contribution in [2.75, 3.05) is 26.7 Å². The number of hydrogen-bond acceptors (Lipinski definition) is 4. The minimum absolute atomic E-state index is 0.0119. The van der Waals surface area contributed by atoms with Gasteiger partial charge in [-0.15, -0.1) is 0 Å². The Balaban J connectivity index is 2.10. The summed E-state index contributed by atoms with van der Waals surface area (Å²) in [7, 11) is 1.87. The fraction of sp³-hybridized carbons (Fsp3) is 0.625. The molecule has 0 spiro atoms. The lowest BCUT2D eigenvalue weighted by molar-refractivity contribution is 0.0727. The molecule has 1 saturated heterocycles. The highest BCUT2D eigenvalue weighted by Gasteiger charge is 2.30. The molecule has 1 aliphatic heterocycles. The third-order valence-corrected chi connectivity index (χ3v) is 4.08. The molecule has 1 amide bonds. The topological polar surface area (TPSA) is 45.7 Å². The van der Waals surface area contributed by atoms with E-state index in [1.807, 2.05) is 18.9 Å². The predicted octanol–water partition coefficient (Wildman–Crippen LogP) is 2.04. The molecule has 1 fully saturated rings. The highest BCUT2D eigenvalue weighted by molar-refractivity contribution is 5.96. The number of carbonyl (C=O) groups excluding carboxylic acids is 1. The lowest BCUT2D eigenvalue weighted by Crippen LogP contribution is -2.40. The molecule has 0 aliphatic carbocycles. The molecule has 0 saturated carbocycles. The maximum Gasteiger partial charge on any atom is 0.259 e. The third kappa shape index (κ3) is 3.53. The van der Waals surface area contributed by atoms with Gasteiger partial charge in [0.2, 0.25) is 5.88 Å². The minimum Gasteiger partial charge on any atom is -0.477 e. The van der Waals surface area contributed by atoms with E-state index in [1.165, 1.54) is 0 Å². The second-order valence-electron chi connectivity index (χ2n) is 5.74. The Bertz CT molecular complexity index is 490. The normalized spacial score (nSPS) is 19.0. The number of carbonyl (C=O) groups is 1. The molecule has 1 aromatic heterocycles. The zero-order valence-corrected chi connectivity index (χ0v) is 13.4. The van der Waals surface area contributed by atoms with E-state index in [0.717, 1.165) is 19.5 Å². The Morgan fingerprint density at radius 3 is 2.95 bits per heavy atom. The van der Waals surface area contributed by atoms with Crippen molar-refractivity contribution in [2.24, 2.45) is 0 Å². The summed E-state index contributed by atoms with van der Waals surface area (Å²) in [5, 5.41) is 0. The molecule has 2 rings (SSSR count). The smallest absolute Gasteiger partial charge is 0.259 e. The first-order valence-electron chi connectivity index (χ1n) is 7.63. The second-order valence-corrected chi connectivity index (χ2v) is 5.74. The van der Waals surface area contributed by atoms with Crippen LogP contribution in [0, 0.1) is 0 Å². The summed E-state index contributed by atoms with van der Waals surface area (Å²) in [6.45, 7) is 8.77. The molecule has 2 heterocycles. The Labute approximate surface area is 126 Å². The lowest BCUT2D eigenvalue weighted by Gasteiger charge is -2.26. The van der Waals surface area contributed by atoms with Crippen LogP contribution in [-0.4, -0.2) is 59.5 Å². The first kappa shape index (κ1) is 15.8. The standard InChI is InChI=1S/C16H25N3O2/c1-5-21-15-14(7-6-9-17-15)16(20)18(4)13-8-10-19(11-13)12(2)3/h6-7,9,12-13H,5,8,10-11H2,1-4H3/t13-/m0/s1. The predicted molar refractivity (Wildman–Crippen MR) is 82.6 cm³/mol. The number of likely N-dealkylation sites (N-methyl/N-ethyl adjacent to an activating group) is 1. The van der Waals surface area contributed by atoms with Crippen molar-refractivity contribution >= 4 is 5.91 Å². The van der Waals surface area contributed by atoms with Crippen molar-refractivity contribution in [1.82, 2.24) is 14.8 Å². The Morgan fingerprint density at radius 1 is 1.57 bits per heavy atom. The van der Waals surface area contributed by atoms with E-state index >= 15 is 0 Å². The molecule has 5 nitrogen and oxygen atoms in total. The third-order valence-electron chi connectivity index (χ3n) is 4.08. The van der Waals surface area contributed by atoms with E-state index in [0.29, 0.717) is 24.1 Å². The van der Waals surface area contributed by atoms with Crippen LogP contribution >= 0.6 is 0 Å². The van der Waals surface area contributed by atoms with E-state index in [9.17, 15) is 4.79 Å². The van der Waals surface area contributed by atoms with Crippen molar-refractivity contribution in [3.05, 3.63) is 23.9 Å². The van der Waals surface area contributed by atoms with E-state index in [4.69, 9.17) is 4.74 Å². The molecule has 116 valence electrons. The van der Waals surface area contributed by atoms with Gasteiger partial charge in [-0.1, -0.05) is 0 Å². The van der Waals surface area contributed by atoms with Gasteiger partial charge < -0.3 is 9.64 Å². The Kier molecular flexibility index (Phi) is 5.17. The number of likely N-dealkylation sites (tertiary alicyclic amines) is 1. The van der Waals surface area contributed by atoms with Gasteiger partial charge >= 0.3 is 0 Å². The number of nitrogens with zero attached hydrogens (tertiary/aromatic N) is 3. The van der Waals surface area contributed by atoms with Crippen molar-refractivity contribution < 1.29 is 9.53 Å². The van der Waals surface area contributed by atoms with Crippen molar-refractivity contribution in [3.8, 4) is 5.88 Å². The second kappa shape index (κ2) is 6.89. The van der Waals surface area contributed by atoms with E-state index < -0.39 is 0 Å². The van der Waals surface area contributed by atoms with Crippen LogP contribution in [0.3, 0.4) is 0 Å². The maximum atomic E-state index is 12.7. The molecule has 21 heavy (non-hydrogen) atoms. The zero-order valence-electron chi connectivity index (χ0n) is 13.4. The average Bonchev–Trinajstić information content (AvgIpc) is 2.97. The average molecular weight is 291 g/mol. The first-order chi connectivity index (χ1) is 10.0. The summed E-state index contributed by atoms with van der Waals surface area (Å²) in [5.41, 5.74) is 0.546. The Morgan fingerprint density at radius 2 is 2.33 bits per heavy atom. The van der Waals surface area contributed by atoms with Gasteiger partial charge in [0, 0.05) is 38.4 Å². The SMILES string of the molecule is CCOc1ncccc1C(=O)N(C)[C@H]1CCN(C(C)C)C1. The van der Waals surface area contributed by atoms with Crippen LogP contribution in [0.4, 0.5) is 0 Å². The fourth-order valence-corrected chi connectivity index (χ4v) is 2.71. The molecule has 1 aromatic rings. The number of pyridine rings is 1. The summed E-state index contributed by atoms with van der Waals surface area (Å²) in [5.74, 6) is 0.415. The molecule has 0 aromatic carbocycles. The van der Waals surface area contributed by atoms with Gasteiger partial charge in [-0.05, 0) is 39.3 Å². The molecule has 0 N–H and O–H groups in total. The van der Waals surface area contributed by atoms with Gasteiger partial charge in [-0.3, -0.25) is 9.69 Å². The van der Waals surface area contributed by atoms with Gasteiger partial charge in [0.25, 0.3) is 5.91 Å². The Hall–Kier alpha value is -1.62. The molecule has 1 atom stereocenters. The molecule has 0 bridgehead atoms. The van der Waals surface area contributed by atoms with Crippen LogP contribution in [0.5, 0.6) is 5.88 Å². The fourth-order valence-electron chi connectivity index (χ4n) is 2.71. The first-order valence-corrected chi connectivity index (χ1v) is 7.63. The monoisotopic (exact) mass is 291 g/mol. The van der Waals surface area contributed by atoms with Crippen LogP contribution in [0.2, 0.25) is 0 Å². The zero-order chi connectivity index (χ0) is 15.4. The lowest BCUT2D eigenvalue weighted by atomic mass is 10.2. The molecular weight excluding hydrogens is 266 g/mol. The van der Waals surface area contributed by atoms with E-state index in [-0.39, 0.29) is 11.9 Å². The van der Waals surface area contributed by atoms with Crippen LogP contribution < -0.4 is 4.74 Å². The van der Waals surface area contributed by atoms with Crippen LogP contribution in [0.25, 0.3) is 0 Å². The van der Waals surface area contributed by atoms with E-state index in [2.05, 4.69) is 23.7 Å². The summed E-state index contributed by atoms with van der Waals surface area (Å²) in [6, 6.07) is 4.34.